The molecule has 0 spiro atoms. The SMILES string of the molecule is [2H]C(C(=O)O)C([2H])(N)C(=O)O.[2H]C(N)(CC(=O)O)C(=O)O.[2H]C([2H])(C(=O)O)C([2H])(N)C(=O)O. The molecule has 0 saturated heterocycles. The quantitative estimate of drug-likeness (QED) is 0.180. The van der Waals surface area contributed by atoms with Crippen LogP contribution in [0.2, 0.25) is 0 Å². The summed E-state index contributed by atoms with van der Waals surface area (Å²) < 4.78 is 40.2. The number of aliphatic carboxylic acids is 6. The summed E-state index contributed by atoms with van der Waals surface area (Å²) in [6.07, 6.45) is -6.40. The highest BCUT2D eigenvalue weighted by molar-refractivity contribution is 5.81. The fraction of sp³-hybridized carbons (Fsp3) is 0.500. The van der Waals surface area contributed by atoms with Crippen LogP contribution in [0.1, 0.15) is 27.4 Å². The van der Waals surface area contributed by atoms with Gasteiger partial charge in [0.1, 0.15) is 18.1 Å². The van der Waals surface area contributed by atoms with Gasteiger partial charge in [-0.25, -0.2) is 0 Å². The Kier molecular flexibility index (Phi) is 9.51. The zero-order chi connectivity index (χ0) is 27.7. The fourth-order valence-corrected chi connectivity index (χ4v) is 0.602. The second-order valence-corrected chi connectivity index (χ2v) is 3.79. The number of carbonyl (C=O) groups is 6. The minimum Gasteiger partial charge on any atom is -0.481 e. The van der Waals surface area contributed by atoms with E-state index in [9.17, 15) is 28.8 Å². The molecule has 15 heteroatoms. The Labute approximate surface area is 159 Å². The number of nitrogens with two attached hydrogens (primary N) is 3. The Bertz CT molecular complexity index is 764. The standard InChI is InChI=1S/3C4H7NO4/c3*5-2(4(8)9)1-3(6)7/h3*2H,1,5H2,(H,6,7)(H,8,9)/i1D2,2D;1D,2D;2D. The third kappa shape index (κ3) is 22.7. The maximum Gasteiger partial charge on any atom is 0.321 e. The third-order valence-electron chi connectivity index (χ3n) is 1.61. The van der Waals surface area contributed by atoms with Crippen molar-refractivity contribution < 1.29 is 67.6 Å². The average Bonchev–Trinajstić information content (AvgIpc) is 2.60. The molecule has 0 aromatic rings. The van der Waals surface area contributed by atoms with Crippen molar-refractivity contribution in [3.8, 4) is 0 Å². The van der Waals surface area contributed by atoms with E-state index in [1.807, 2.05) is 0 Å². The monoisotopic (exact) mass is 405 g/mol. The average molecular weight is 405 g/mol. The van der Waals surface area contributed by atoms with E-state index >= 15 is 0 Å². The Balaban J connectivity index is -0.000000411. The number of hydrogen-bond acceptors (Lipinski definition) is 9. The van der Waals surface area contributed by atoms with Gasteiger partial charge in [0.2, 0.25) is 0 Å². The summed E-state index contributed by atoms with van der Waals surface area (Å²) in [6, 6.07) is -8.38. The lowest BCUT2D eigenvalue weighted by Crippen LogP contribution is -2.32. The van der Waals surface area contributed by atoms with E-state index in [-0.39, 0.29) is 0 Å². The maximum absolute atomic E-state index is 10.2. The number of carboxylic acids is 6. The normalized spacial score (nSPS) is 21.0. The van der Waals surface area contributed by atoms with Crippen molar-refractivity contribution in [2.24, 2.45) is 17.2 Å². The molecule has 0 aliphatic rings. The molecule has 4 atom stereocenters. The first-order chi connectivity index (χ1) is 14.3. The molecular formula is C12H21N3O12. The lowest BCUT2D eigenvalue weighted by atomic mass is 10.2. The Morgan fingerprint density at radius 3 is 1.15 bits per heavy atom. The molecule has 0 aromatic heterocycles. The van der Waals surface area contributed by atoms with E-state index < -0.39 is 73.1 Å². The highest BCUT2D eigenvalue weighted by Crippen LogP contribution is 1.87. The Hall–Kier alpha value is -3.30. The highest BCUT2D eigenvalue weighted by atomic mass is 16.4. The second kappa shape index (κ2) is 15.0. The molecule has 0 heterocycles. The summed E-state index contributed by atoms with van der Waals surface area (Å²) in [7, 11) is 0. The molecule has 0 aromatic carbocycles. The predicted octanol–water partition coefficient (Wildman–Crippen LogP) is -3.38. The Morgan fingerprint density at radius 1 is 0.667 bits per heavy atom. The molecule has 0 radical (unpaired) electrons. The van der Waals surface area contributed by atoms with Crippen molar-refractivity contribution >= 4 is 35.8 Å². The van der Waals surface area contributed by atoms with Gasteiger partial charge in [0.05, 0.1) is 23.3 Å². The summed E-state index contributed by atoms with van der Waals surface area (Å²) in [5, 5.41) is 48.8. The van der Waals surface area contributed by atoms with Crippen molar-refractivity contribution in [3.05, 3.63) is 0 Å². The van der Waals surface area contributed by atoms with Crippen molar-refractivity contribution in [1.82, 2.24) is 0 Å². The topological polar surface area (TPSA) is 302 Å². The summed E-state index contributed by atoms with van der Waals surface area (Å²) in [4.78, 5) is 60.2. The lowest BCUT2D eigenvalue weighted by molar-refractivity contribution is -0.144. The van der Waals surface area contributed by atoms with Gasteiger partial charge < -0.3 is 47.8 Å². The van der Waals surface area contributed by atoms with Crippen LogP contribution >= 0.6 is 0 Å². The third-order valence-corrected chi connectivity index (χ3v) is 1.61. The van der Waals surface area contributed by atoms with Crippen molar-refractivity contribution in [3.63, 3.8) is 0 Å². The fourth-order valence-electron chi connectivity index (χ4n) is 0.602. The van der Waals surface area contributed by atoms with Crippen LogP contribution in [0, 0.1) is 0 Å². The molecule has 27 heavy (non-hydrogen) atoms. The van der Waals surface area contributed by atoms with Crippen LogP contribution in [0.5, 0.6) is 0 Å². The van der Waals surface area contributed by atoms with Gasteiger partial charge >= 0.3 is 35.8 Å². The van der Waals surface area contributed by atoms with E-state index in [0.717, 1.165) is 0 Å². The summed E-state index contributed by atoms with van der Waals surface area (Å²) in [6.45, 7) is 0. The molecule has 0 fully saturated rings. The molecule has 0 rings (SSSR count). The molecule has 12 N–H and O–H groups in total. The summed E-state index contributed by atoms with van der Waals surface area (Å²) in [5.74, 6) is -10.7. The minimum absolute atomic E-state index is 0.900. The molecule has 0 aliphatic carbocycles. The number of rotatable bonds is 9. The maximum atomic E-state index is 10.2. The van der Waals surface area contributed by atoms with Crippen molar-refractivity contribution in [2.75, 3.05) is 0 Å². The van der Waals surface area contributed by atoms with Gasteiger partial charge in [0, 0.05) is 4.11 Å². The minimum atomic E-state index is -3.32. The molecule has 15 nitrogen and oxygen atoms in total. The first kappa shape index (κ1) is 17.1. The van der Waals surface area contributed by atoms with Gasteiger partial charge in [0.15, 0.2) is 0 Å². The summed E-state index contributed by atoms with van der Waals surface area (Å²) >= 11 is 0. The van der Waals surface area contributed by atoms with Gasteiger partial charge in [-0.05, 0) is 0 Å². The Morgan fingerprint density at radius 2 is 1.04 bits per heavy atom. The molecule has 156 valence electrons. The largest absolute Gasteiger partial charge is 0.481 e. The molecule has 0 saturated carbocycles. The van der Waals surface area contributed by atoms with E-state index in [1.165, 1.54) is 0 Å². The molecule has 0 amide bonds. The van der Waals surface area contributed by atoms with E-state index in [0.29, 0.717) is 0 Å². The van der Waals surface area contributed by atoms with Crippen LogP contribution in [0.3, 0.4) is 0 Å². The summed E-state index contributed by atoms with van der Waals surface area (Å²) in [5.41, 5.74) is 14.1. The van der Waals surface area contributed by atoms with Gasteiger partial charge in [0.25, 0.3) is 0 Å². The van der Waals surface area contributed by atoms with Crippen molar-refractivity contribution in [1.29, 1.82) is 0 Å². The second-order valence-electron chi connectivity index (χ2n) is 3.79. The highest BCUT2D eigenvalue weighted by Gasteiger charge is 2.15. The smallest absolute Gasteiger partial charge is 0.321 e. The number of hydrogen-bond donors (Lipinski definition) is 9. The molecule has 4 unspecified atom stereocenters. The first-order valence-electron chi connectivity index (χ1n) is 9.04. The van der Waals surface area contributed by atoms with Crippen LogP contribution in [0.4, 0.5) is 0 Å². The van der Waals surface area contributed by atoms with Crippen LogP contribution in [0.15, 0.2) is 0 Å². The van der Waals surface area contributed by atoms with Gasteiger partial charge in [-0.2, -0.15) is 0 Å². The van der Waals surface area contributed by atoms with Crippen LogP contribution in [0.25, 0.3) is 0 Å². The molecular weight excluding hydrogens is 378 g/mol. The van der Waals surface area contributed by atoms with E-state index in [4.69, 9.17) is 50.3 Å². The van der Waals surface area contributed by atoms with Crippen LogP contribution < -0.4 is 17.2 Å². The predicted molar refractivity (Wildman–Crippen MR) is 83.6 cm³/mol. The molecule has 0 bridgehead atoms. The van der Waals surface area contributed by atoms with E-state index in [2.05, 4.69) is 5.73 Å². The van der Waals surface area contributed by atoms with Crippen LogP contribution in [-0.2, 0) is 28.8 Å². The number of carboxylic acid groups (broad SMARTS) is 6. The molecule has 0 aliphatic heterocycles. The zero-order valence-electron chi connectivity index (χ0n) is 19.1. The van der Waals surface area contributed by atoms with Gasteiger partial charge in [-0.3, -0.25) is 28.8 Å². The lowest BCUT2D eigenvalue weighted by Gasteiger charge is -1.99. The van der Waals surface area contributed by atoms with Crippen LogP contribution in [-0.4, -0.2) is 84.5 Å². The zero-order valence-corrected chi connectivity index (χ0v) is 13.1. The first-order valence-corrected chi connectivity index (χ1v) is 5.97. The van der Waals surface area contributed by atoms with Crippen molar-refractivity contribution in [2.45, 2.75) is 37.2 Å². The van der Waals surface area contributed by atoms with Gasteiger partial charge in [-0.15, -0.1) is 0 Å². The van der Waals surface area contributed by atoms with E-state index in [1.54, 1.807) is 0 Å². The van der Waals surface area contributed by atoms with Gasteiger partial charge in [-0.1, -0.05) is 0 Å².